The van der Waals surface area contributed by atoms with Gasteiger partial charge in [0.2, 0.25) is 12.4 Å². The predicted molar refractivity (Wildman–Crippen MR) is 90.9 cm³/mol. The molecule has 1 aromatic rings. The lowest BCUT2D eigenvalue weighted by Crippen LogP contribution is -2.48. The van der Waals surface area contributed by atoms with Gasteiger partial charge in [-0.25, -0.2) is 9.97 Å². The van der Waals surface area contributed by atoms with E-state index in [0.29, 0.717) is 37.8 Å². The molecule has 0 saturated carbocycles. The first-order valence-corrected chi connectivity index (χ1v) is 8.66. The summed E-state index contributed by atoms with van der Waals surface area (Å²) in [6, 6.07) is 1.75. The summed E-state index contributed by atoms with van der Waals surface area (Å²) in [6.07, 6.45) is 3.11. The summed E-state index contributed by atoms with van der Waals surface area (Å²) in [7, 11) is 0. The number of anilines is 1. The summed E-state index contributed by atoms with van der Waals surface area (Å²) in [5.74, 6) is 1.33. The van der Waals surface area contributed by atoms with Gasteiger partial charge in [-0.3, -0.25) is 9.59 Å². The van der Waals surface area contributed by atoms with Gasteiger partial charge in [0.25, 0.3) is 5.91 Å². The van der Waals surface area contributed by atoms with Crippen molar-refractivity contribution in [2.75, 3.05) is 44.2 Å². The lowest BCUT2D eigenvalue weighted by molar-refractivity contribution is -0.119. The van der Waals surface area contributed by atoms with Crippen LogP contribution in [0.2, 0.25) is 0 Å². The number of carbonyl (C=O) groups is 2. The number of piperidine rings is 1. The van der Waals surface area contributed by atoms with Gasteiger partial charge in [-0.15, -0.1) is 0 Å². The van der Waals surface area contributed by atoms with E-state index in [2.05, 4.69) is 21.8 Å². The van der Waals surface area contributed by atoms with Crippen molar-refractivity contribution >= 4 is 18.3 Å². The van der Waals surface area contributed by atoms with Crippen molar-refractivity contribution in [3.8, 4) is 0 Å². The van der Waals surface area contributed by atoms with Crippen LogP contribution in [0.15, 0.2) is 6.07 Å². The third kappa shape index (κ3) is 3.66. The van der Waals surface area contributed by atoms with Crippen molar-refractivity contribution in [3.63, 3.8) is 0 Å². The molecule has 7 nitrogen and oxygen atoms in total. The van der Waals surface area contributed by atoms with Crippen molar-refractivity contribution in [2.45, 2.75) is 26.7 Å². The van der Waals surface area contributed by atoms with E-state index in [0.717, 1.165) is 44.0 Å². The first kappa shape index (κ1) is 16.7. The molecular formula is C17H25N5O2. The molecule has 3 heterocycles. The van der Waals surface area contributed by atoms with E-state index < -0.39 is 0 Å². The van der Waals surface area contributed by atoms with Crippen LogP contribution in [0.25, 0.3) is 0 Å². The van der Waals surface area contributed by atoms with Crippen LogP contribution in [0.4, 0.5) is 5.95 Å². The molecule has 2 saturated heterocycles. The topological polar surface area (TPSA) is 69.6 Å². The monoisotopic (exact) mass is 331 g/mol. The second-order valence-corrected chi connectivity index (χ2v) is 6.80. The second-order valence-electron chi connectivity index (χ2n) is 6.80. The molecule has 0 aromatic carbocycles. The molecule has 0 radical (unpaired) electrons. The standard InChI is InChI=1S/C17H25N5O2/c1-13-3-5-22(6-4-13)17-18-14(2)11-15(19-17)16(24)21-9-7-20(12-23)8-10-21/h11-13H,3-10H2,1-2H3. The van der Waals surface area contributed by atoms with E-state index in [9.17, 15) is 9.59 Å². The minimum Gasteiger partial charge on any atom is -0.342 e. The van der Waals surface area contributed by atoms with Crippen molar-refractivity contribution in [1.29, 1.82) is 0 Å². The molecule has 0 N–H and O–H groups in total. The Morgan fingerprint density at radius 2 is 1.79 bits per heavy atom. The molecule has 2 amide bonds. The fraction of sp³-hybridized carbons (Fsp3) is 0.647. The molecule has 130 valence electrons. The van der Waals surface area contributed by atoms with Gasteiger partial charge >= 0.3 is 0 Å². The second kappa shape index (κ2) is 7.15. The molecule has 2 aliphatic heterocycles. The first-order valence-electron chi connectivity index (χ1n) is 8.66. The van der Waals surface area contributed by atoms with Crippen LogP contribution < -0.4 is 4.90 Å². The predicted octanol–water partition coefficient (Wildman–Crippen LogP) is 0.936. The lowest BCUT2D eigenvalue weighted by Gasteiger charge is -2.33. The van der Waals surface area contributed by atoms with Gasteiger partial charge in [-0.2, -0.15) is 0 Å². The molecule has 0 bridgehead atoms. The maximum Gasteiger partial charge on any atom is 0.272 e. The van der Waals surface area contributed by atoms with Crippen molar-refractivity contribution in [1.82, 2.24) is 19.8 Å². The molecule has 7 heteroatoms. The zero-order chi connectivity index (χ0) is 17.1. The number of amides is 2. The molecule has 1 aromatic heterocycles. The highest BCUT2D eigenvalue weighted by atomic mass is 16.2. The normalized spacial score (nSPS) is 19.5. The minimum absolute atomic E-state index is 0.0716. The molecule has 2 fully saturated rings. The fourth-order valence-corrected chi connectivity index (χ4v) is 3.20. The SMILES string of the molecule is Cc1cc(C(=O)N2CCN(C=O)CC2)nc(N2CCC(C)CC2)n1. The Kier molecular flexibility index (Phi) is 4.97. The van der Waals surface area contributed by atoms with E-state index in [4.69, 9.17) is 0 Å². The number of aryl methyl sites for hydroxylation is 1. The summed E-state index contributed by atoms with van der Waals surface area (Å²) in [5.41, 5.74) is 1.27. The number of piperazine rings is 1. The highest BCUT2D eigenvalue weighted by molar-refractivity contribution is 5.92. The van der Waals surface area contributed by atoms with E-state index in [-0.39, 0.29) is 5.91 Å². The van der Waals surface area contributed by atoms with Crippen molar-refractivity contribution in [3.05, 3.63) is 17.5 Å². The molecule has 0 spiro atoms. The Balaban J connectivity index is 1.73. The summed E-state index contributed by atoms with van der Waals surface area (Å²) >= 11 is 0. The molecule has 2 aliphatic rings. The zero-order valence-corrected chi connectivity index (χ0v) is 14.4. The molecule has 24 heavy (non-hydrogen) atoms. The fourth-order valence-electron chi connectivity index (χ4n) is 3.20. The number of hydrogen-bond donors (Lipinski definition) is 0. The minimum atomic E-state index is -0.0716. The van der Waals surface area contributed by atoms with E-state index in [1.54, 1.807) is 15.9 Å². The third-order valence-corrected chi connectivity index (χ3v) is 4.88. The summed E-state index contributed by atoms with van der Waals surface area (Å²) < 4.78 is 0. The van der Waals surface area contributed by atoms with Gasteiger partial charge in [0, 0.05) is 45.0 Å². The maximum absolute atomic E-state index is 12.7. The maximum atomic E-state index is 12.7. The largest absolute Gasteiger partial charge is 0.342 e. The molecule has 3 rings (SSSR count). The van der Waals surface area contributed by atoms with Crippen LogP contribution in [0.1, 0.15) is 35.9 Å². The van der Waals surface area contributed by atoms with Gasteiger partial charge in [0.1, 0.15) is 5.69 Å². The zero-order valence-electron chi connectivity index (χ0n) is 14.4. The highest BCUT2D eigenvalue weighted by Gasteiger charge is 2.24. The molecular weight excluding hydrogens is 306 g/mol. The summed E-state index contributed by atoms with van der Waals surface area (Å²) in [6.45, 7) is 8.31. The average molecular weight is 331 g/mol. The van der Waals surface area contributed by atoms with Crippen LogP contribution in [-0.4, -0.2) is 71.4 Å². The summed E-state index contributed by atoms with van der Waals surface area (Å²) in [4.78, 5) is 38.2. The Morgan fingerprint density at radius 3 is 2.42 bits per heavy atom. The molecule has 0 aliphatic carbocycles. The number of aromatic nitrogens is 2. The van der Waals surface area contributed by atoms with Crippen LogP contribution in [0.3, 0.4) is 0 Å². The number of carbonyl (C=O) groups excluding carboxylic acids is 2. The van der Waals surface area contributed by atoms with Crippen LogP contribution >= 0.6 is 0 Å². The van der Waals surface area contributed by atoms with Gasteiger partial charge in [-0.1, -0.05) is 6.92 Å². The van der Waals surface area contributed by atoms with Gasteiger partial charge in [-0.05, 0) is 31.7 Å². The summed E-state index contributed by atoms with van der Waals surface area (Å²) in [5, 5.41) is 0. The van der Waals surface area contributed by atoms with Crippen molar-refractivity contribution in [2.24, 2.45) is 5.92 Å². The first-order chi connectivity index (χ1) is 11.6. The van der Waals surface area contributed by atoms with Crippen molar-refractivity contribution < 1.29 is 9.59 Å². The van der Waals surface area contributed by atoms with Gasteiger partial charge in [0.05, 0.1) is 0 Å². The smallest absolute Gasteiger partial charge is 0.272 e. The Morgan fingerprint density at radius 1 is 1.12 bits per heavy atom. The van der Waals surface area contributed by atoms with Crippen LogP contribution in [-0.2, 0) is 4.79 Å². The Bertz CT molecular complexity index is 605. The van der Waals surface area contributed by atoms with Gasteiger partial charge in [0.15, 0.2) is 0 Å². The number of nitrogens with zero attached hydrogens (tertiary/aromatic N) is 5. The van der Waals surface area contributed by atoms with Crippen LogP contribution in [0.5, 0.6) is 0 Å². The van der Waals surface area contributed by atoms with E-state index in [1.165, 1.54) is 0 Å². The molecule has 0 atom stereocenters. The quantitative estimate of drug-likeness (QED) is 0.771. The highest BCUT2D eigenvalue weighted by Crippen LogP contribution is 2.21. The van der Waals surface area contributed by atoms with E-state index >= 15 is 0 Å². The average Bonchev–Trinajstić information content (AvgIpc) is 2.61. The lowest BCUT2D eigenvalue weighted by atomic mass is 10.00. The Hall–Kier alpha value is -2.18. The number of hydrogen-bond acceptors (Lipinski definition) is 5. The number of rotatable bonds is 3. The third-order valence-electron chi connectivity index (χ3n) is 4.88. The molecule has 0 unspecified atom stereocenters. The van der Waals surface area contributed by atoms with Crippen LogP contribution in [0, 0.1) is 12.8 Å². The van der Waals surface area contributed by atoms with E-state index in [1.807, 2.05) is 6.92 Å². The van der Waals surface area contributed by atoms with Gasteiger partial charge < -0.3 is 14.7 Å². The Labute approximate surface area is 142 Å².